The lowest BCUT2D eigenvalue weighted by atomic mass is 10.1. The van der Waals surface area contributed by atoms with Crippen molar-refractivity contribution in [3.05, 3.63) is 29.8 Å². The van der Waals surface area contributed by atoms with E-state index in [2.05, 4.69) is 11.9 Å². The Hall–Kier alpha value is -1.16. The Morgan fingerprint density at radius 3 is 2.44 bits per heavy atom. The lowest BCUT2D eigenvalue weighted by Crippen LogP contribution is -2.18. The van der Waals surface area contributed by atoms with Crippen LogP contribution in [0.2, 0.25) is 0 Å². The van der Waals surface area contributed by atoms with E-state index in [1.54, 1.807) is 0 Å². The van der Waals surface area contributed by atoms with Crippen LogP contribution in [0.3, 0.4) is 0 Å². The van der Waals surface area contributed by atoms with Crippen LogP contribution in [-0.4, -0.2) is 23.1 Å². The monoisotopic (exact) mass is 266 g/mol. The molecule has 0 aromatic heterocycles. The fourth-order valence-electron chi connectivity index (χ4n) is 1.30. The maximum absolute atomic E-state index is 5.82. The van der Waals surface area contributed by atoms with Crippen molar-refractivity contribution in [2.24, 2.45) is 10.7 Å². The summed E-state index contributed by atoms with van der Waals surface area (Å²) in [6.45, 7) is 8.78. The number of thioether (sulfide) groups is 1. The molecule has 0 unspecified atom stereocenters. The van der Waals surface area contributed by atoms with Gasteiger partial charge in [-0.05, 0) is 39.8 Å². The molecule has 0 saturated heterocycles. The van der Waals surface area contributed by atoms with Gasteiger partial charge in [-0.15, -0.1) is 0 Å². The minimum atomic E-state index is -0.116. The molecule has 1 rings (SSSR count). The molecule has 0 radical (unpaired) electrons. The zero-order valence-corrected chi connectivity index (χ0v) is 12.4. The molecule has 0 aliphatic heterocycles. The first-order valence-electron chi connectivity index (χ1n) is 6.04. The predicted molar refractivity (Wildman–Crippen MR) is 80.5 cm³/mol. The SMILES string of the molecule is Cc1ccc(OCCSC(N)=NC(C)(C)C)cc1. The smallest absolute Gasteiger partial charge is 0.154 e. The highest BCUT2D eigenvalue weighted by atomic mass is 32.2. The summed E-state index contributed by atoms with van der Waals surface area (Å²) < 4.78 is 5.61. The second-order valence-corrected chi connectivity index (χ2v) is 6.25. The zero-order chi connectivity index (χ0) is 13.6. The van der Waals surface area contributed by atoms with E-state index in [0.717, 1.165) is 11.5 Å². The lowest BCUT2D eigenvalue weighted by molar-refractivity contribution is 0.344. The molecule has 0 atom stereocenters. The van der Waals surface area contributed by atoms with Gasteiger partial charge in [0.1, 0.15) is 5.75 Å². The molecule has 1 aromatic rings. The summed E-state index contributed by atoms with van der Waals surface area (Å²) in [5.41, 5.74) is 6.93. The van der Waals surface area contributed by atoms with Gasteiger partial charge in [0.25, 0.3) is 0 Å². The molecule has 100 valence electrons. The molecule has 0 fully saturated rings. The van der Waals surface area contributed by atoms with Crippen LogP contribution in [-0.2, 0) is 0 Å². The number of aliphatic imine (C=N–C) groups is 1. The molecular formula is C14H22N2OS. The third-order valence-corrected chi connectivity index (χ3v) is 2.83. The second kappa shape index (κ2) is 6.69. The van der Waals surface area contributed by atoms with Crippen LogP contribution in [0.25, 0.3) is 0 Å². The number of nitrogens with two attached hydrogens (primary N) is 1. The fourth-order valence-corrected chi connectivity index (χ4v) is 2.02. The van der Waals surface area contributed by atoms with Crippen LogP contribution in [0.4, 0.5) is 0 Å². The van der Waals surface area contributed by atoms with E-state index in [9.17, 15) is 0 Å². The summed E-state index contributed by atoms with van der Waals surface area (Å²) >= 11 is 1.53. The minimum Gasteiger partial charge on any atom is -0.493 e. The normalized spacial score (nSPS) is 12.6. The number of benzene rings is 1. The third-order valence-electron chi connectivity index (χ3n) is 2.07. The number of amidine groups is 1. The first kappa shape index (κ1) is 14.9. The number of hydrogen-bond acceptors (Lipinski definition) is 3. The van der Waals surface area contributed by atoms with Crippen LogP contribution in [0.1, 0.15) is 26.3 Å². The molecule has 2 N–H and O–H groups in total. The van der Waals surface area contributed by atoms with Crippen LogP contribution in [0.15, 0.2) is 29.3 Å². The van der Waals surface area contributed by atoms with Crippen molar-refractivity contribution in [1.82, 2.24) is 0 Å². The van der Waals surface area contributed by atoms with Gasteiger partial charge in [0, 0.05) is 5.75 Å². The minimum absolute atomic E-state index is 0.116. The van der Waals surface area contributed by atoms with E-state index < -0.39 is 0 Å². The fraction of sp³-hybridized carbons (Fsp3) is 0.500. The van der Waals surface area contributed by atoms with Gasteiger partial charge in [0.05, 0.1) is 12.1 Å². The zero-order valence-electron chi connectivity index (χ0n) is 11.6. The quantitative estimate of drug-likeness (QED) is 0.517. The first-order chi connectivity index (χ1) is 8.37. The van der Waals surface area contributed by atoms with Gasteiger partial charge >= 0.3 is 0 Å². The van der Waals surface area contributed by atoms with Gasteiger partial charge < -0.3 is 10.5 Å². The molecule has 0 saturated carbocycles. The number of aryl methyl sites for hydroxylation is 1. The highest BCUT2D eigenvalue weighted by molar-refractivity contribution is 8.13. The first-order valence-corrected chi connectivity index (χ1v) is 7.03. The van der Waals surface area contributed by atoms with Crippen LogP contribution >= 0.6 is 11.8 Å². The predicted octanol–water partition coefficient (Wildman–Crippen LogP) is 3.22. The molecule has 0 aliphatic carbocycles. The number of hydrogen-bond donors (Lipinski definition) is 1. The number of rotatable bonds is 4. The van der Waals surface area contributed by atoms with E-state index in [-0.39, 0.29) is 5.54 Å². The van der Waals surface area contributed by atoms with Gasteiger partial charge in [-0.2, -0.15) is 0 Å². The van der Waals surface area contributed by atoms with E-state index >= 15 is 0 Å². The Labute approximate surface area is 114 Å². The van der Waals surface area contributed by atoms with E-state index in [0.29, 0.717) is 11.8 Å². The van der Waals surface area contributed by atoms with Gasteiger partial charge in [-0.3, -0.25) is 4.99 Å². The summed E-state index contributed by atoms with van der Waals surface area (Å²) in [6, 6.07) is 8.04. The summed E-state index contributed by atoms with van der Waals surface area (Å²) in [5, 5.41) is 0.620. The average molecular weight is 266 g/mol. The molecular weight excluding hydrogens is 244 g/mol. The molecule has 0 aliphatic rings. The van der Waals surface area contributed by atoms with Crippen molar-refractivity contribution >= 4 is 16.9 Å². The maximum Gasteiger partial charge on any atom is 0.154 e. The van der Waals surface area contributed by atoms with E-state index in [1.165, 1.54) is 17.3 Å². The summed E-state index contributed by atoms with van der Waals surface area (Å²) in [4.78, 5) is 4.37. The Morgan fingerprint density at radius 2 is 1.89 bits per heavy atom. The van der Waals surface area contributed by atoms with Gasteiger partial charge in [-0.25, -0.2) is 0 Å². The van der Waals surface area contributed by atoms with Gasteiger partial charge in [0.15, 0.2) is 5.17 Å². The topological polar surface area (TPSA) is 47.6 Å². The van der Waals surface area contributed by atoms with Crippen LogP contribution in [0.5, 0.6) is 5.75 Å². The number of ether oxygens (including phenoxy) is 1. The van der Waals surface area contributed by atoms with Crippen molar-refractivity contribution in [3.63, 3.8) is 0 Å². The molecule has 3 nitrogen and oxygen atoms in total. The molecule has 0 heterocycles. The van der Waals surface area contributed by atoms with E-state index in [4.69, 9.17) is 10.5 Å². The Morgan fingerprint density at radius 1 is 1.28 bits per heavy atom. The Kier molecular flexibility index (Phi) is 5.54. The Bertz CT molecular complexity index is 393. The molecule has 4 heteroatoms. The van der Waals surface area contributed by atoms with Crippen LogP contribution < -0.4 is 10.5 Å². The van der Waals surface area contributed by atoms with Crippen molar-refractivity contribution in [1.29, 1.82) is 0 Å². The summed E-state index contributed by atoms with van der Waals surface area (Å²) in [6.07, 6.45) is 0. The molecule has 0 spiro atoms. The maximum atomic E-state index is 5.82. The van der Waals surface area contributed by atoms with Crippen molar-refractivity contribution < 1.29 is 4.74 Å². The number of nitrogens with zero attached hydrogens (tertiary/aromatic N) is 1. The standard InChI is InChI=1S/C14H22N2OS/c1-11-5-7-12(8-6-11)17-9-10-18-13(15)16-14(2,3)4/h5-8H,9-10H2,1-4H3,(H2,15,16). The molecule has 0 amide bonds. The summed E-state index contributed by atoms with van der Waals surface area (Å²) in [5.74, 6) is 1.70. The Balaban J connectivity index is 2.27. The van der Waals surface area contributed by atoms with Crippen LogP contribution in [0, 0.1) is 6.92 Å². The third kappa shape index (κ3) is 6.55. The molecule has 1 aromatic carbocycles. The largest absolute Gasteiger partial charge is 0.493 e. The lowest BCUT2D eigenvalue weighted by Gasteiger charge is -2.13. The highest BCUT2D eigenvalue weighted by Gasteiger charge is 2.08. The summed E-state index contributed by atoms with van der Waals surface area (Å²) in [7, 11) is 0. The highest BCUT2D eigenvalue weighted by Crippen LogP contribution is 2.13. The van der Waals surface area contributed by atoms with Crippen molar-refractivity contribution in [2.75, 3.05) is 12.4 Å². The average Bonchev–Trinajstić information content (AvgIpc) is 2.24. The van der Waals surface area contributed by atoms with Gasteiger partial charge in [0.2, 0.25) is 0 Å². The van der Waals surface area contributed by atoms with Crippen molar-refractivity contribution in [3.8, 4) is 5.75 Å². The molecule has 0 bridgehead atoms. The second-order valence-electron chi connectivity index (χ2n) is 5.13. The van der Waals surface area contributed by atoms with Crippen molar-refractivity contribution in [2.45, 2.75) is 33.2 Å². The molecule has 18 heavy (non-hydrogen) atoms. The van der Waals surface area contributed by atoms with E-state index in [1.807, 2.05) is 45.0 Å². The van der Waals surface area contributed by atoms with Gasteiger partial charge in [-0.1, -0.05) is 29.5 Å².